The molecule has 28 heavy (non-hydrogen) atoms. The fourth-order valence-electron chi connectivity index (χ4n) is 2.33. The number of benzene rings is 2. The molecule has 0 radical (unpaired) electrons. The van der Waals surface area contributed by atoms with Crippen LogP contribution in [0, 0.1) is 10.1 Å². The van der Waals surface area contributed by atoms with Crippen molar-refractivity contribution in [1.82, 2.24) is 4.98 Å². The van der Waals surface area contributed by atoms with E-state index >= 15 is 0 Å². The first-order chi connectivity index (χ1) is 13.6. The Labute approximate surface area is 164 Å². The summed E-state index contributed by atoms with van der Waals surface area (Å²) in [7, 11) is 1.43. The smallest absolute Gasteiger partial charge is 0.282 e. The summed E-state index contributed by atoms with van der Waals surface area (Å²) in [5.41, 5.74) is 9.29. The van der Waals surface area contributed by atoms with Gasteiger partial charge in [-0.2, -0.15) is 5.10 Å². The maximum absolute atomic E-state index is 11.4. The number of nitrogens with two attached hydrogens (primary N) is 1. The highest BCUT2D eigenvalue weighted by atomic mass is 32.1. The summed E-state index contributed by atoms with van der Waals surface area (Å²) in [5, 5.41) is 17.6. The Morgan fingerprint density at radius 2 is 2.11 bits per heavy atom. The van der Waals surface area contributed by atoms with Crippen LogP contribution in [0.25, 0.3) is 0 Å². The van der Waals surface area contributed by atoms with Crippen molar-refractivity contribution in [3.63, 3.8) is 0 Å². The lowest BCUT2D eigenvalue weighted by Gasteiger charge is -2.12. The summed E-state index contributed by atoms with van der Waals surface area (Å²) in [6.07, 6.45) is 1.32. The number of nitrogens with one attached hydrogen (secondary N) is 1. The lowest BCUT2D eigenvalue weighted by Crippen LogP contribution is -2.02. The van der Waals surface area contributed by atoms with E-state index in [-0.39, 0.29) is 17.0 Å². The van der Waals surface area contributed by atoms with Crippen LogP contribution >= 0.6 is 11.3 Å². The molecule has 144 valence electrons. The van der Waals surface area contributed by atoms with Gasteiger partial charge in [0.15, 0.2) is 11.5 Å². The van der Waals surface area contributed by atoms with Gasteiger partial charge in [-0.25, -0.2) is 4.98 Å². The third-order valence-corrected chi connectivity index (χ3v) is 4.40. The van der Waals surface area contributed by atoms with E-state index in [4.69, 9.17) is 15.2 Å². The van der Waals surface area contributed by atoms with E-state index in [1.165, 1.54) is 36.8 Å². The molecule has 2 aromatic carbocycles. The van der Waals surface area contributed by atoms with Crippen LogP contribution in [-0.2, 0) is 6.61 Å². The molecule has 0 aliphatic carbocycles. The SMILES string of the molecule is COc1cc([N+](=O)[O-])c(C=NNc2nc(N)cs2)cc1OCc1ccccc1. The molecule has 0 unspecified atom stereocenters. The minimum absolute atomic E-state index is 0.159. The highest BCUT2D eigenvalue weighted by Crippen LogP contribution is 2.34. The van der Waals surface area contributed by atoms with Gasteiger partial charge in [0.2, 0.25) is 5.13 Å². The van der Waals surface area contributed by atoms with Gasteiger partial charge in [0.05, 0.1) is 29.9 Å². The van der Waals surface area contributed by atoms with E-state index in [9.17, 15) is 10.1 Å². The molecule has 0 spiro atoms. The van der Waals surface area contributed by atoms with E-state index < -0.39 is 4.92 Å². The number of hydrogen-bond donors (Lipinski definition) is 2. The molecule has 1 aromatic heterocycles. The van der Waals surface area contributed by atoms with Crippen molar-refractivity contribution >= 4 is 34.2 Å². The van der Waals surface area contributed by atoms with Crippen molar-refractivity contribution in [3.05, 3.63) is 69.1 Å². The van der Waals surface area contributed by atoms with Crippen LogP contribution in [0.1, 0.15) is 11.1 Å². The Kier molecular flexibility index (Phi) is 6.02. The summed E-state index contributed by atoms with van der Waals surface area (Å²) in [6.45, 7) is 0.294. The zero-order chi connectivity index (χ0) is 19.9. The van der Waals surface area contributed by atoms with Gasteiger partial charge in [-0.3, -0.25) is 15.5 Å². The highest BCUT2D eigenvalue weighted by Gasteiger charge is 2.19. The molecule has 0 fully saturated rings. The van der Waals surface area contributed by atoms with Crippen molar-refractivity contribution in [3.8, 4) is 11.5 Å². The Balaban J connectivity index is 1.85. The van der Waals surface area contributed by atoms with Gasteiger partial charge in [-0.05, 0) is 11.6 Å². The van der Waals surface area contributed by atoms with Crippen LogP contribution in [0.2, 0.25) is 0 Å². The van der Waals surface area contributed by atoms with Crippen molar-refractivity contribution in [2.75, 3.05) is 18.3 Å². The van der Waals surface area contributed by atoms with Gasteiger partial charge < -0.3 is 15.2 Å². The second-order valence-electron chi connectivity index (χ2n) is 5.54. The number of hydrogen-bond acceptors (Lipinski definition) is 9. The van der Waals surface area contributed by atoms with Gasteiger partial charge in [0.1, 0.15) is 12.4 Å². The molecular formula is C18H17N5O4S. The molecule has 10 heteroatoms. The van der Waals surface area contributed by atoms with Gasteiger partial charge in [0.25, 0.3) is 5.69 Å². The number of nitrogen functional groups attached to an aromatic ring is 1. The number of methoxy groups -OCH3 is 1. The predicted molar refractivity (Wildman–Crippen MR) is 108 cm³/mol. The maximum atomic E-state index is 11.4. The number of anilines is 2. The van der Waals surface area contributed by atoms with E-state index in [2.05, 4.69) is 15.5 Å². The molecule has 0 atom stereocenters. The number of ether oxygens (including phenoxy) is 2. The number of thiazole rings is 1. The van der Waals surface area contributed by atoms with Crippen LogP contribution < -0.4 is 20.6 Å². The van der Waals surface area contributed by atoms with Crippen LogP contribution in [0.5, 0.6) is 11.5 Å². The Bertz CT molecular complexity index is 991. The molecule has 0 bridgehead atoms. The number of nitro groups is 1. The van der Waals surface area contributed by atoms with Crippen molar-refractivity contribution < 1.29 is 14.4 Å². The molecule has 0 saturated carbocycles. The number of aromatic nitrogens is 1. The molecule has 0 saturated heterocycles. The molecule has 3 rings (SSSR count). The Morgan fingerprint density at radius 1 is 1.32 bits per heavy atom. The summed E-state index contributed by atoms with van der Waals surface area (Å²) in [4.78, 5) is 14.9. The average molecular weight is 399 g/mol. The fraction of sp³-hybridized carbons (Fsp3) is 0.111. The van der Waals surface area contributed by atoms with E-state index in [1.807, 2.05) is 30.3 Å². The van der Waals surface area contributed by atoms with Crippen LogP contribution in [0.3, 0.4) is 0 Å². The van der Waals surface area contributed by atoms with Gasteiger partial charge in [-0.1, -0.05) is 30.3 Å². The number of rotatable bonds is 8. The molecule has 3 aromatic rings. The zero-order valence-corrected chi connectivity index (χ0v) is 15.7. The monoisotopic (exact) mass is 399 g/mol. The normalized spacial score (nSPS) is 10.8. The summed E-state index contributed by atoms with van der Waals surface area (Å²) >= 11 is 1.27. The molecule has 0 aliphatic heterocycles. The van der Waals surface area contributed by atoms with Gasteiger partial charge in [-0.15, -0.1) is 11.3 Å². The minimum atomic E-state index is -0.508. The molecular weight excluding hydrogens is 382 g/mol. The average Bonchev–Trinajstić information content (AvgIpc) is 3.12. The second kappa shape index (κ2) is 8.82. The summed E-state index contributed by atoms with van der Waals surface area (Å²) < 4.78 is 11.0. The van der Waals surface area contributed by atoms with Crippen molar-refractivity contribution in [2.24, 2.45) is 5.10 Å². The van der Waals surface area contributed by atoms with Crippen molar-refractivity contribution in [1.29, 1.82) is 0 Å². The highest BCUT2D eigenvalue weighted by molar-refractivity contribution is 7.14. The molecule has 0 amide bonds. The van der Waals surface area contributed by atoms with E-state index in [1.54, 1.807) is 5.38 Å². The third kappa shape index (κ3) is 4.74. The first kappa shape index (κ1) is 19.1. The Hall–Kier alpha value is -3.66. The first-order valence-corrected chi connectivity index (χ1v) is 8.98. The second-order valence-corrected chi connectivity index (χ2v) is 6.40. The fourth-order valence-corrected chi connectivity index (χ4v) is 2.88. The van der Waals surface area contributed by atoms with Crippen LogP contribution in [0.4, 0.5) is 16.6 Å². The Morgan fingerprint density at radius 3 is 2.75 bits per heavy atom. The first-order valence-electron chi connectivity index (χ1n) is 8.10. The molecule has 9 nitrogen and oxygen atoms in total. The lowest BCUT2D eigenvalue weighted by atomic mass is 10.1. The molecule has 3 N–H and O–H groups in total. The maximum Gasteiger partial charge on any atom is 0.282 e. The van der Waals surface area contributed by atoms with Gasteiger partial charge >= 0.3 is 0 Å². The van der Waals surface area contributed by atoms with E-state index in [0.717, 1.165) is 5.56 Å². The third-order valence-electron chi connectivity index (χ3n) is 3.63. The predicted octanol–water partition coefficient (Wildman–Crippen LogP) is 3.67. The standard InChI is InChI=1S/C18H17N5O4S/c1-26-15-8-14(23(24)25)13(9-20-22-18-21-17(19)11-28-18)7-16(15)27-10-12-5-3-2-4-6-12/h2-9,11H,10,19H2,1H3,(H,21,22). The zero-order valence-electron chi connectivity index (χ0n) is 14.9. The largest absolute Gasteiger partial charge is 0.493 e. The number of nitrogens with zero attached hydrogens (tertiary/aromatic N) is 3. The quantitative estimate of drug-likeness (QED) is 0.336. The minimum Gasteiger partial charge on any atom is -0.493 e. The number of hydrazone groups is 1. The van der Waals surface area contributed by atoms with Crippen LogP contribution in [0.15, 0.2) is 52.9 Å². The van der Waals surface area contributed by atoms with E-state index in [0.29, 0.717) is 23.3 Å². The number of nitro benzene ring substituents is 1. The van der Waals surface area contributed by atoms with Crippen molar-refractivity contribution in [2.45, 2.75) is 6.61 Å². The summed E-state index contributed by atoms with van der Waals surface area (Å²) in [5.74, 6) is 1.01. The lowest BCUT2D eigenvalue weighted by molar-refractivity contribution is -0.385. The van der Waals surface area contributed by atoms with Gasteiger partial charge in [0, 0.05) is 5.38 Å². The molecule has 1 heterocycles. The topological polar surface area (TPSA) is 125 Å². The van der Waals surface area contributed by atoms with Crippen LogP contribution in [-0.4, -0.2) is 23.2 Å². The molecule has 0 aliphatic rings. The summed E-state index contributed by atoms with van der Waals surface area (Å²) in [6, 6.07) is 12.4.